The molecule has 112 valence electrons. The number of aryl methyl sites for hydroxylation is 2. The van der Waals surface area contributed by atoms with E-state index in [9.17, 15) is 9.59 Å². The molecular weight excluding hydrogens is 280 g/mol. The summed E-state index contributed by atoms with van der Waals surface area (Å²) in [6, 6.07) is 11.1. The van der Waals surface area contributed by atoms with Crippen LogP contribution in [0, 0.1) is 13.8 Å². The molecule has 2 aromatic heterocycles. The monoisotopic (exact) mass is 296 g/mol. The van der Waals surface area contributed by atoms with E-state index in [1.165, 1.54) is 4.40 Å². The average Bonchev–Trinajstić information content (AvgIpc) is 2.74. The Labute approximate surface area is 127 Å². The lowest BCUT2D eigenvalue weighted by molar-refractivity contribution is -0.117. The van der Waals surface area contributed by atoms with E-state index in [4.69, 9.17) is 0 Å². The Hall–Kier alpha value is -2.89. The topological polar surface area (TPSA) is 68.4 Å². The molecule has 6 heteroatoms. The zero-order valence-electron chi connectivity index (χ0n) is 12.4. The van der Waals surface area contributed by atoms with Crippen LogP contribution in [0.4, 0.5) is 5.69 Å². The quantitative estimate of drug-likeness (QED) is 0.800. The van der Waals surface area contributed by atoms with Crippen LogP contribution in [0.1, 0.15) is 11.1 Å². The van der Waals surface area contributed by atoms with E-state index >= 15 is 0 Å². The third kappa shape index (κ3) is 2.76. The highest BCUT2D eigenvalue weighted by Gasteiger charge is 2.10. The Balaban J connectivity index is 1.81. The van der Waals surface area contributed by atoms with Crippen molar-refractivity contribution in [2.45, 2.75) is 20.4 Å². The van der Waals surface area contributed by atoms with Crippen molar-refractivity contribution in [3.63, 3.8) is 0 Å². The Morgan fingerprint density at radius 2 is 1.91 bits per heavy atom. The number of rotatable bonds is 3. The summed E-state index contributed by atoms with van der Waals surface area (Å²) >= 11 is 0. The summed E-state index contributed by atoms with van der Waals surface area (Å²) in [6.07, 6.45) is 1.63. The molecule has 0 aliphatic heterocycles. The highest BCUT2D eigenvalue weighted by Crippen LogP contribution is 2.13. The minimum Gasteiger partial charge on any atom is -0.324 e. The van der Waals surface area contributed by atoms with Gasteiger partial charge in [-0.05, 0) is 49.2 Å². The molecule has 1 N–H and O–H groups in total. The second-order valence-corrected chi connectivity index (χ2v) is 5.29. The first kappa shape index (κ1) is 14.1. The predicted molar refractivity (Wildman–Crippen MR) is 84.0 cm³/mol. The molecule has 22 heavy (non-hydrogen) atoms. The summed E-state index contributed by atoms with van der Waals surface area (Å²) in [6.45, 7) is 3.82. The number of benzene rings is 1. The lowest BCUT2D eigenvalue weighted by Crippen LogP contribution is -2.28. The normalized spacial score (nSPS) is 10.8. The largest absolute Gasteiger partial charge is 0.350 e. The number of carbonyl (C=O) groups excluding carboxylic acids is 1. The SMILES string of the molecule is Cc1cc(C)cc(NC(=O)Cn2nc3ccccn3c2=O)c1. The highest BCUT2D eigenvalue weighted by molar-refractivity contribution is 5.90. The van der Waals surface area contributed by atoms with Gasteiger partial charge in [-0.1, -0.05) is 12.1 Å². The molecular formula is C16H16N4O2. The van der Waals surface area contributed by atoms with Gasteiger partial charge < -0.3 is 5.32 Å². The second kappa shape index (κ2) is 5.48. The summed E-state index contributed by atoms with van der Waals surface area (Å²) in [5.41, 5.74) is 3.05. The number of aromatic nitrogens is 3. The van der Waals surface area contributed by atoms with Gasteiger partial charge in [0.25, 0.3) is 0 Å². The van der Waals surface area contributed by atoms with Gasteiger partial charge in [-0.15, -0.1) is 5.10 Å². The van der Waals surface area contributed by atoms with Gasteiger partial charge in [0.2, 0.25) is 5.91 Å². The Kier molecular flexibility index (Phi) is 3.50. The molecule has 3 rings (SSSR count). The summed E-state index contributed by atoms with van der Waals surface area (Å²) in [5, 5.41) is 6.93. The number of amides is 1. The Morgan fingerprint density at radius 1 is 1.18 bits per heavy atom. The van der Waals surface area contributed by atoms with Crippen molar-refractivity contribution in [1.29, 1.82) is 0 Å². The van der Waals surface area contributed by atoms with Gasteiger partial charge >= 0.3 is 5.69 Å². The molecule has 0 unspecified atom stereocenters. The number of carbonyl (C=O) groups is 1. The third-order valence-electron chi connectivity index (χ3n) is 3.29. The van der Waals surface area contributed by atoms with Crippen LogP contribution in [0.15, 0.2) is 47.4 Å². The van der Waals surface area contributed by atoms with E-state index in [1.807, 2.05) is 32.0 Å². The van der Waals surface area contributed by atoms with Gasteiger partial charge in [0.05, 0.1) is 0 Å². The van der Waals surface area contributed by atoms with Crippen molar-refractivity contribution in [3.8, 4) is 0 Å². The van der Waals surface area contributed by atoms with E-state index in [2.05, 4.69) is 10.4 Å². The van der Waals surface area contributed by atoms with Crippen molar-refractivity contribution >= 4 is 17.2 Å². The molecule has 0 aliphatic carbocycles. The minimum absolute atomic E-state index is 0.118. The van der Waals surface area contributed by atoms with Crippen LogP contribution in [-0.4, -0.2) is 20.1 Å². The molecule has 6 nitrogen and oxygen atoms in total. The van der Waals surface area contributed by atoms with E-state index in [0.717, 1.165) is 21.5 Å². The van der Waals surface area contributed by atoms with E-state index in [0.29, 0.717) is 5.65 Å². The van der Waals surface area contributed by atoms with Crippen molar-refractivity contribution in [2.75, 3.05) is 5.32 Å². The fraction of sp³-hybridized carbons (Fsp3) is 0.188. The van der Waals surface area contributed by atoms with Crippen molar-refractivity contribution < 1.29 is 4.79 Å². The van der Waals surface area contributed by atoms with Gasteiger partial charge in [0, 0.05) is 11.9 Å². The molecule has 1 aromatic carbocycles. The van der Waals surface area contributed by atoms with Crippen LogP contribution in [0.2, 0.25) is 0 Å². The third-order valence-corrected chi connectivity index (χ3v) is 3.29. The zero-order chi connectivity index (χ0) is 15.7. The van der Waals surface area contributed by atoms with Gasteiger partial charge in [0.1, 0.15) is 6.54 Å². The van der Waals surface area contributed by atoms with E-state index in [-0.39, 0.29) is 18.1 Å². The fourth-order valence-corrected chi connectivity index (χ4v) is 2.45. The molecule has 0 bridgehead atoms. The number of pyridine rings is 1. The summed E-state index contributed by atoms with van der Waals surface area (Å²) in [7, 11) is 0. The molecule has 0 radical (unpaired) electrons. The van der Waals surface area contributed by atoms with Crippen molar-refractivity contribution in [3.05, 3.63) is 64.2 Å². The summed E-state index contributed by atoms with van der Waals surface area (Å²) < 4.78 is 2.57. The van der Waals surface area contributed by atoms with Crippen LogP contribution >= 0.6 is 0 Å². The molecule has 0 saturated heterocycles. The molecule has 0 atom stereocenters. The number of fused-ring (bicyclic) bond motifs is 1. The molecule has 0 spiro atoms. The van der Waals surface area contributed by atoms with Crippen LogP contribution in [0.3, 0.4) is 0 Å². The first-order valence-corrected chi connectivity index (χ1v) is 6.95. The number of nitrogens with zero attached hydrogens (tertiary/aromatic N) is 3. The predicted octanol–water partition coefficient (Wildman–Crippen LogP) is 1.75. The minimum atomic E-state index is -0.328. The molecule has 0 aliphatic rings. The standard InChI is InChI=1S/C16H16N4O2/c1-11-7-12(2)9-13(8-11)17-15(21)10-20-16(22)19-6-4-3-5-14(19)18-20/h3-9H,10H2,1-2H3,(H,17,21). The van der Waals surface area contributed by atoms with Crippen molar-refractivity contribution in [2.24, 2.45) is 0 Å². The van der Waals surface area contributed by atoms with E-state index in [1.54, 1.807) is 24.4 Å². The van der Waals surface area contributed by atoms with Crippen molar-refractivity contribution in [1.82, 2.24) is 14.2 Å². The number of hydrogen-bond acceptors (Lipinski definition) is 3. The lowest BCUT2D eigenvalue weighted by atomic mass is 10.1. The summed E-state index contributed by atoms with van der Waals surface area (Å²) in [4.78, 5) is 24.2. The van der Waals surface area contributed by atoms with Gasteiger partial charge in [-0.2, -0.15) is 0 Å². The maximum atomic E-state index is 12.1. The van der Waals surface area contributed by atoms with Gasteiger partial charge in [-0.25, -0.2) is 9.48 Å². The molecule has 1 amide bonds. The fourth-order valence-electron chi connectivity index (χ4n) is 2.45. The average molecular weight is 296 g/mol. The Bertz CT molecular complexity index is 888. The van der Waals surface area contributed by atoms with E-state index < -0.39 is 0 Å². The first-order valence-electron chi connectivity index (χ1n) is 6.95. The number of hydrogen-bond donors (Lipinski definition) is 1. The summed E-state index contributed by atoms with van der Waals surface area (Å²) in [5.74, 6) is -0.282. The van der Waals surface area contributed by atoms with Crippen LogP contribution in [0.25, 0.3) is 5.65 Å². The molecule has 0 fully saturated rings. The smallest absolute Gasteiger partial charge is 0.324 e. The maximum absolute atomic E-state index is 12.1. The van der Waals surface area contributed by atoms with Crippen LogP contribution < -0.4 is 11.0 Å². The van der Waals surface area contributed by atoms with Crippen LogP contribution in [0.5, 0.6) is 0 Å². The first-order chi connectivity index (χ1) is 10.5. The maximum Gasteiger partial charge on any atom is 0.350 e. The Morgan fingerprint density at radius 3 is 2.59 bits per heavy atom. The lowest BCUT2D eigenvalue weighted by Gasteiger charge is -2.07. The number of nitrogens with one attached hydrogen (secondary N) is 1. The van der Waals surface area contributed by atoms with Gasteiger partial charge in [-0.3, -0.25) is 9.20 Å². The molecule has 0 saturated carbocycles. The molecule has 2 heterocycles. The highest BCUT2D eigenvalue weighted by atomic mass is 16.2. The second-order valence-electron chi connectivity index (χ2n) is 5.29. The van der Waals surface area contributed by atoms with Crippen LogP contribution in [-0.2, 0) is 11.3 Å². The molecule has 3 aromatic rings. The number of anilines is 1. The zero-order valence-corrected chi connectivity index (χ0v) is 12.4. The van der Waals surface area contributed by atoms with Gasteiger partial charge in [0.15, 0.2) is 5.65 Å².